The molecule has 1 atom stereocenters. The van der Waals surface area contributed by atoms with Crippen molar-refractivity contribution >= 4 is 34.1 Å². The van der Waals surface area contributed by atoms with Crippen LogP contribution in [-0.4, -0.2) is 21.9 Å². The highest BCUT2D eigenvalue weighted by Gasteiger charge is 2.08. The standard InChI is InChI=1S/C7H13NOS2/c1-4-11-7(10)5(2)8-6(3)9/h5H,4H2,1-3H3,(H,8,9). The lowest BCUT2D eigenvalue weighted by Gasteiger charge is -2.11. The summed E-state index contributed by atoms with van der Waals surface area (Å²) in [5.41, 5.74) is 0. The summed E-state index contributed by atoms with van der Waals surface area (Å²) >= 11 is 6.64. The molecule has 0 aromatic rings. The largest absolute Gasteiger partial charge is 0.348 e. The second-order valence-electron chi connectivity index (χ2n) is 2.17. The van der Waals surface area contributed by atoms with Crippen LogP contribution in [0.4, 0.5) is 0 Å². The zero-order chi connectivity index (χ0) is 8.85. The molecule has 4 heteroatoms. The van der Waals surface area contributed by atoms with Crippen LogP contribution in [-0.2, 0) is 4.79 Å². The zero-order valence-corrected chi connectivity index (χ0v) is 8.64. The predicted octanol–water partition coefficient (Wildman–Crippen LogP) is 1.59. The fourth-order valence-electron chi connectivity index (χ4n) is 0.631. The van der Waals surface area contributed by atoms with E-state index in [9.17, 15) is 4.79 Å². The smallest absolute Gasteiger partial charge is 0.217 e. The molecule has 0 aliphatic rings. The van der Waals surface area contributed by atoms with Gasteiger partial charge in [-0.25, -0.2) is 0 Å². The number of carbonyl (C=O) groups is 1. The minimum absolute atomic E-state index is 0.00690. The molecular weight excluding hydrogens is 178 g/mol. The molecule has 64 valence electrons. The Morgan fingerprint density at radius 3 is 2.64 bits per heavy atom. The number of amides is 1. The van der Waals surface area contributed by atoms with Crippen molar-refractivity contribution in [1.29, 1.82) is 0 Å². The van der Waals surface area contributed by atoms with Crippen molar-refractivity contribution in [3.63, 3.8) is 0 Å². The van der Waals surface area contributed by atoms with E-state index in [0.717, 1.165) is 9.95 Å². The molecule has 0 fully saturated rings. The molecule has 11 heavy (non-hydrogen) atoms. The summed E-state index contributed by atoms with van der Waals surface area (Å²) in [6, 6.07) is 0.00690. The molecule has 0 aliphatic heterocycles. The van der Waals surface area contributed by atoms with Gasteiger partial charge in [0.25, 0.3) is 0 Å². The fourth-order valence-corrected chi connectivity index (χ4v) is 1.64. The summed E-state index contributed by atoms with van der Waals surface area (Å²) in [5, 5.41) is 2.73. The maximum atomic E-state index is 10.6. The third kappa shape index (κ3) is 5.21. The van der Waals surface area contributed by atoms with E-state index in [1.165, 1.54) is 6.92 Å². The molecule has 0 heterocycles. The topological polar surface area (TPSA) is 29.1 Å². The third-order valence-electron chi connectivity index (χ3n) is 1.06. The van der Waals surface area contributed by atoms with Crippen LogP contribution in [0, 0.1) is 0 Å². The van der Waals surface area contributed by atoms with Crippen molar-refractivity contribution in [3.05, 3.63) is 0 Å². The first-order chi connectivity index (χ1) is 5.07. The number of carbonyl (C=O) groups excluding carboxylic acids is 1. The van der Waals surface area contributed by atoms with Crippen LogP contribution in [0.5, 0.6) is 0 Å². The Labute approximate surface area is 77.1 Å². The second kappa shape index (κ2) is 5.55. The van der Waals surface area contributed by atoms with Crippen molar-refractivity contribution in [3.8, 4) is 0 Å². The van der Waals surface area contributed by atoms with Crippen LogP contribution < -0.4 is 5.32 Å². The first kappa shape index (κ1) is 10.9. The van der Waals surface area contributed by atoms with E-state index in [0.29, 0.717) is 0 Å². The van der Waals surface area contributed by atoms with E-state index in [-0.39, 0.29) is 11.9 Å². The number of hydrogen-bond acceptors (Lipinski definition) is 3. The molecule has 0 aromatic heterocycles. The van der Waals surface area contributed by atoms with E-state index in [1.54, 1.807) is 11.8 Å². The Morgan fingerprint density at radius 1 is 1.73 bits per heavy atom. The Morgan fingerprint density at radius 2 is 2.27 bits per heavy atom. The van der Waals surface area contributed by atoms with Crippen molar-refractivity contribution in [1.82, 2.24) is 5.32 Å². The number of hydrogen-bond donors (Lipinski definition) is 1. The maximum absolute atomic E-state index is 10.6. The number of thiocarbonyl (C=S) groups is 1. The van der Waals surface area contributed by atoms with Crippen LogP contribution in [0.3, 0.4) is 0 Å². The summed E-state index contributed by atoms with van der Waals surface area (Å²) in [7, 11) is 0. The van der Waals surface area contributed by atoms with E-state index < -0.39 is 0 Å². The van der Waals surface area contributed by atoms with Crippen LogP contribution in [0.15, 0.2) is 0 Å². The molecule has 1 amide bonds. The molecule has 0 saturated heterocycles. The second-order valence-corrected chi connectivity index (χ2v) is 4.18. The molecule has 1 unspecified atom stereocenters. The Balaban J connectivity index is 3.73. The lowest BCUT2D eigenvalue weighted by atomic mass is 10.4. The molecule has 0 aromatic carbocycles. The van der Waals surface area contributed by atoms with E-state index in [4.69, 9.17) is 12.2 Å². The lowest BCUT2D eigenvalue weighted by Crippen LogP contribution is -2.34. The predicted molar refractivity (Wildman–Crippen MR) is 54.0 cm³/mol. The number of rotatable bonds is 3. The molecule has 1 N–H and O–H groups in total. The monoisotopic (exact) mass is 191 g/mol. The van der Waals surface area contributed by atoms with Crippen LogP contribution >= 0.6 is 24.0 Å². The van der Waals surface area contributed by atoms with Gasteiger partial charge in [0.2, 0.25) is 5.91 Å². The van der Waals surface area contributed by atoms with Gasteiger partial charge < -0.3 is 5.32 Å². The Hall–Kier alpha value is -0.0900. The summed E-state index contributed by atoms with van der Waals surface area (Å²) in [6.07, 6.45) is 0. The van der Waals surface area contributed by atoms with Gasteiger partial charge in [0, 0.05) is 6.92 Å². The maximum Gasteiger partial charge on any atom is 0.217 e. The normalized spacial score (nSPS) is 12.3. The van der Waals surface area contributed by atoms with E-state index >= 15 is 0 Å². The lowest BCUT2D eigenvalue weighted by molar-refractivity contribution is -0.119. The van der Waals surface area contributed by atoms with Gasteiger partial charge in [-0.3, -0.25) is 4.79 Å². The third-order valence-corrected chi connectivity index (χ3v) is 2.69. The van der Waals surface area contributed by atoms with Gasteiger partial charge >= 0.3 is 0 Å². The molecule has 0 spiro atoms. The zero-order valence-electron chi connectivity index (χ0n) is 7.01. The minimum Gasteiger partial charge on any atom is -0.348 e. The fraction of sp³-hybridized carbons (Fsp3) is 0.714. The number of thioether (sulfide) groups is 1. The van der Waals surface area contributed by atoms with Crippen LogP contribution in [0.2, 0.25) is 0 Å². The van der Waals surface area contributed by atoms with Crippen LogP contribution in [0.25, 0.3) is 0 Å². The van der Waals surface area contributed by atoms with Crippen molar-refractivity contribution in [2.45, 2.75) is 26.8 Å². The van der Waals surface area contributed by atoms with Gasteiger partial charge in [-0.1, -0.05) is 19.1 Å². The quantitative estimate of drug-likeness (QED) is 0.687. The van der Waals surface area contributed by atoms with Gasteiger partial charge in [-0.2, -0.15) is 0 Å². The summed E-state index contributed by atoms with van der Waals surface area (Å²) in [6.45, 7) is 5.43. The minimum atomic E-state index is -0.0310. The molecule has 2 nitrogen and oxygen atoms in total. The van der Waals surface area contributed by atoms with Crippen molar-refractivity contribution in [2.24, 2.45) is 0 Å². The van der Waals surface area contributed by atoms with E-state index in [1.807, 2.05) is 13.8 Å². The Kier molecular flexibility index (Phi) is 5.50. The highest BCUT2D eigenvalue weighted by molar-refractivity contribution is 8.23. The van der Waals surface area contributed by atoms with Gasteiger partial charge in [0.05, 0.1) is 10.2 Å². The molecule has 0 bridgehead atoms. The first-order valence-corrected chi connectivity index (χ1v) is 4.91. The molecule has 0 aliphatic carbocycles. The van der Waals surface area contributed by atoms with Crippen molar-refractivity contribution in [2.75, 3.05) is 5.75 Å². The highest BCUT2D eigenvalue weighted by atomic mass is 32.2. The highest BCUT2D eigenvalue weighted by Crippen LogP contribution is 2.06. The van der Waals surface area contributed by atoms with Crippen molar-refractivity contribution < 1.29 is 4.79 Å². The van der Waals surface area contributed by atoms with Gasteiger partial charge in [-0.15, -0.1) is 11.8 Å². The average Bonchev–Trinajstić information content (AvgIpc) is 1.86. The van der Waals surface area contributed by atoms with Gasteiger partial charge in [0.1, 0.15) is 0 Å². The Bertz CT molecular complexity index is 159. The molecular formula is C7H13NOS2. The molecule has 0 rings (SSSR count). The van der Waals surface area contributed by atoms with Gasteiger partial charge in [0.15, 0.2) is 0 Å². The van der Waals surface area contributed by atoms with E-state index in [2.05, 4.69) is 5.32 Å². The van der Waals surface area contributed by atoms with Gasteiger partial charge in [-0.05, 0) is 12.7 Å². The SMILES string of the molecule is CCSC(=S)C(C)NC(C)=O. The summed E-state index contributed by atoms with van der Waals surface area (Å²) in [5.74, 6) is 0.930. The molecule has 0 saturated carbocycles. The first-order valence-electron chi connectivity index (χ1n) is 3.51. The average molecular weight is 191 g/mol. The summed E-state index contributed by atoms with van der Waals surface area (Å²) in [4.78, 5) is 10.6. The summed E-state index contributed by atoms with van der Waals surface area (Å²) < 4.78 is 0.850. The van der Waals surface area contributed by atoms with Crippen LogP contribution in [0.1, 0.15) is 20.8 Å². The number of nitrogens with one attached hydrogen (secondary N) is 1. The molecule has 0 radical (unpaired) electrons.